The third-order valence-corrected chi connectivity index (χ3v) is 1.99. The monoisotopic (exact) mass is 164 g/mol. The lowest BCUT2D eigenvalue weighted by molar-refractivity contribution is -0.125. The van der Waals surface area contributed by atoms with Gasteiger partial charge in [0.25, 0.3) is 0 Å². The second kappa shape index (κ2) is 3.91. The Morgan fingerprint density at radius 1 is 1.75 bits per heavy atom. The first-order chi connectivity index (χ1) is 5.79. The molecule has 1 saturated heterocycles. The van der Waals surface area contributed by atoms with Crippen LogP contribution in [-0.2, 0) is 4.79 Å². The zero-order valence-corrected chi connectivity index (χ0v) is 7.16. The molecule has 64 valence electrons. The highest BCUT2D eigenvalue weighted by atomic mass is 16.2. The highest BCUT2D eigenvalue weighted by Gasteiger charge is 2.26. The van der Waals surface area contributed by atoms with Gasteiger partial charge in [0.15, 0.2) is 0 Å². The summed E-state index contributed by atoms with van der Waals surface area (Å²) in [5.74, 6) is -0.0402. The molecule has 1 amide bonds. The van der Waals surface area contributed by atoms with Crippen molar-refractivity contribution >= 4 is 5.91 Å². The second-order valence-corrected chi connectivity index (χ2v) is 2.82. The van der Waals surface area contributed by atoms with E-state index in [9.17, 15) is 4.79 Å². The number of amides is 1. The number of hydrogen-bond donors (Lipinski definition) is 0. The summed E-state index contributed by atoms with van der Waals surface area (Å²) in [7, 11) is 0. The van der Waals surface area contributed by atoms with Gasteiger partial charge in [0, 0.05) is 6.54 Å². The van der Waals surface area contributed by atoms with Gasteiger partial charge < -0.3 is 4.90 Å². The third-order valence-electron chi connectivity index (χ3n) is 1.99. The fraction of sp³-hybridized carbons (Fsp3) is 0.556. The topological polar surface area (TPSA) is 44.1 Å². The molecule has 0 aromatic heterocycles. The molecule has 0 aliphatic carbocycles. The van der Waals surface area contributed by atoms with Gasteiger partial charge >= 0.3 is 0 Å². The molecule has 1 heterocycles. The van der Waals surface area contributed by atoms with E-state index in [0.29, 0.717) is 0 Å². The minimum absolute atomic E-state index is 0.0402. The molecule has 1 fully saturated rings. The maximum Gasteiger partial charge on any atom is 0.247 e. The zero-order chi connectivity index (χ0) is 8.97. The Hall–Kier alpha value is -1.30. The molecular formula is C9H12N2O. The van der Waals surface area contributed by atoms with Gasteiger partial charge in [0.05, 0.1) is 6.07 Å². The average Bonchev–Trinajstić information content (AvgIpc) is 2.51. The number of allylic oxidation sites excluding steroid dienone is 1. The van der Waals surface area contributed by atoms with Crippen molar-refractivity contribution < 1.29 is 4.79 Å². The molecule has 0 spiro atoms. The van der Waals surface area contributed by atoms with Gasteiger partial charge in [-0.05, 0) is 25.8 Å². The van der Waals surface area contributed by atoms with Crippen molar-refractivity contribution in [2.75, 3.05) is 6.54 Å². The lowest BCUT2D eigenvalue weighted by atomic mass is 10.2. The Morgan fingerprint density at radius 3 is 3.08 bits per heavy atom. The van der Waals surface area contributed by atoms with Gasteiger partial charge in [-0.3, -0.25) is 4.79 Å². The van der Waals surface area contributed by atoms with E-state index in [1.807, 2.05) is 0 Å². The Kier molecular flexibility index (Phi) is 2.87. The van der Waals surface area contributed by atoms with E-state index in [-0.39, 0.29) is 11.9 Å². The summed E-state index contributed by atoms with van der Waals surface area (Å²) in [6.45, 7) is 2.52. The number of carbonyl (C=O) groups is 1. The van der Waals surface area contributed by atoms with Crippen LogP contribution in [0.15, 0.2) is 12.2 Å². The van der Waals surface area contributed by atoms with Crippen LogP contribution in [0.4, 0.5) is 0 Å². The van der Waals surface area contributed by atoms with Gasteiger partial charge in [-0.25, -0.2) is 0 Å². The summed E-state index contributed by atoms with van der Waals surface area (Å²) in [6.07, 6.45) is 4.98. The van der Waals surface area contributed by atoms with E-state index in [2.05, 4.69) is 6.07 Å². The molecule has 3 nitrogen and oxygen atoms in total. The molecular weight excluding hydrogens is 152 g/mol. The predicted octanol–water partition coefficient (Wildman–Crippen LogP) is 1.08. The molecule has 0 N–H and O–H groups in total. The molecule has 1 atom stereocenters. The molecule has 1 aliphatic rings. The van der Waals surface area contributed by atoms with E-state index >= 15 is 0 Å². The molecule has 0 radical (unpaired) electrons. The average molecular weight is 164 g/mol. The number of carbonyl (C=O) groups excluding carboxylic acids is 1. The summed E-state index contributed by atoms with van der Waals surface area (Å²) in [4.78, 5) is 12.9. The largest absolute Gasteiger partial charge is 0.323 e. The molecule has 0 saturated carbocycles. The summed E-state index contributed by atoms with van der Waals surface area (Å²) < 4.78 is 0. The molecule has 0 aromatic carbocycles. The lowest BCUT2D eigenvalue weighted by Gasteiger charge is -2.16. The molecule has 0 aromatic rings. The maximum absolute atomic E-state index is 11.3. The molecule has 3 heteroatoms. The fourth-order valence-corrected chi connectivity index (χ4v) is 1.40. The van der Waals surface area contributed by atoms with Crippen molar-refractivity contribution in [1.29, 1.82) is 5.26 Å². The molecule has 1 aliphatic heterocycles. The van der Waals surface area contributed by atoms with Gasteiger partial charge in [-0.2, -0.15) is 5.26 Å². The number of rotatable bonds is 1. The van der Waals surface area contributed by atoms with Crippen LogP contribution in [0.3, 0.4) is 0 Å². The Labute approximate surface area is 72.3 Å². The highest BCUT2D eigenvalue weighted by molar-refractivity contribution is 5.88. The molecule has 0 bridgehead atoms. The molecule has 1 rings (SSSR count). The maximum atomic E-state index is 11.3. The van der Waals surface area contributed by atoms with Crippen LogP contribution < -0.4 is 0 Å². The number of nitrogens with zero attached hydrogens (tertiary/aromatic N) is 2. The zero-order valence-electron chi connectivity index (χ0n) is 7.16. The van der Waals surface area contributed by atoms with Crippen LogP contribution in [0, 0.1) is 11.3 Å². The van der Waals surface area contributed by atoms with Gasteiger partial charge in [-0.15, -0.1) is 0 Å². The summed E-state index contributed by atoms with van der Waals surface area (Å²) in [5, 5.41) is 8.69. The van der Waals surface area contributed by atoms with Crippen LogP contribution in [0.25, 0.3) is 0 Å². The minimum Gasteiger partial charge on any atom is -0.323 e. The van der Waals surface area contributed by atoms with Crippen molar-refractivity contribution in [2.24, 2.45) is 0 Å². The molecule has 12 heavy (non-hydrogen) atoms. The van der Waals surface area contributed by atoms with E-state index in [1.54, 1.807) is 17.9 Å². The summed E-state index contributed by atoms with van der Waals surface area (Å²) in [6, 6.07) is 1.92. The Morgan fingerprint density at radius 2 is 2.50 bits per heavy atom. The van der Waals surface area contributed by atoms with Crippen molar-refractivity contribution in [1.82, 2.24) is 4.90 Å². The number of nitriles is 1. The van der Waals surface area contributed by atoms with Crippen molar-refractivity contribution in [2.45, 2.75) is 25.8 Å². The van der Waals surface area contributed by atoms with Crippen LogP contribution in [0.5, 0.6) is 0 Å². The second-order valence-electron chi connectivity index (χ2n) is 2.82. The quantitative estimate of drug-likeness (QED) is 0.544. The number of hydrogen-bond acceptors (Lipinski definition) is 2. The normalized spacial score (nSPS) is 23.0. The predicted molar refractivity (Wildman–Crippen MR) is 45.2 cm³/mol. The van der Waals surface area contributed by atoms with E-state index in [1.165, 1.54) is 6.08 Å². The van der Waals surface area contributed by atoms with E-state index in [0.717, 1.165) is 19.4 Å². The van der Waals surface area contributed by atoms with Gasteiger partial charge in [0.1, 0.15) is 6.04 Å². The van der Waals surface area contributed by atoms with Crippen molar-refractivity contribution in [3.05, 3.63) is 12.2 Å². The SMILES string of the molecule is CC=CC(=O)N1CCC[C@H]1C#N. The van der Waals surface area contributed by atoms with Crippen molar-refractivity contribution in [3.8, 4) is 6.07 Å². The van der Waals surface area contributed by atoms with Gasteiger partial charge in [-0.1, -0.05) is 6.08 Å². The Balaban J connectivity index is 2.63. The smallest absolute Gasteiger partial charge is 0.247 e. The first-order valence-electron chi connectivity index (χ1n) is 4.12. The van der Waals surface area contributed by atoms with Crippen LogP contribution in [0.2, 0.25) is 0 Å². The lowest BCUT2D eigenvalue weighted by Crippen LogP contribution is -2.33. The standard InChI is InChI=1S/C9H12N2O/c1-2-4-9(12)11-6-3-5-8(11)7-10/h2,4,8H,3,5-6H2,1H3/t8-/m0/s1. The third kappa shape index (κ3) is 1.65. The minimum atomic E-state index is -0.200. The van der Waals surface area contributed by atoms with Gasteiger partial charge in [0.2, 0.25) is 5.91 Å². The van der Waals surface area contributed by atoms with Crippen LogP contribution >= 0.6 is 0 Å². The molecule has 0 unspecified atom stereocenters. The van der Waals surface area contributed by atoms with E-state index in [4.69, 9.17) is 5.26 Å². The first kappa shape index (κ1) is 8.79. The van der Waals surface area contributed by atoms with E-state index < -0.39 is 0 Å². The van der Waals surface area contributed by atoms with Crippen molar-refractivity contribution in [3.63, 3.8) is 0 Å². The first-order valence-corrected chi connectivity index (χ1v) is 4.12. The summed E-state index contributed by atoms with van der Waals surface area (Å²) >= 11 is 0. The number of likely N-dealkylation sites (tertiary alicyclic amines) is 1. The van der Waals surface area contributed by atoms with Crippen LogP contribution in [-0.4, -0.2) is 23.4 Å². The summed E-state index contributed by atoms with van der Waals surface area (Å²) in [5.41, 5.74) is 0. The Bertz CT molecular complexity index is 239. The fourth-order valence-electron chi connectivity index (χ4n) is 1.40. The highest BCUT2D eigenvalue weighted by Crippen LogP contribution is 2.16. The van der Waals surface area contributed by atoms with Crippen LogP contribution in [0.1, 0.15) is 19.8 Å².